The van der Waals surface area contributed by atoms with Crippen molar-refractivity contribution >= 4 is 16.7 Å². The van der Waals surface area contributed by atoms with Crippen molar-refractivity contribution < 1.29 is 0 Å². The molecule has 2 heterocycles. The zero-order valence-electron chi connectivity index (χ0n) is 14.2. The average Bonchev–Trinajstić information content (AvgIpc) is 2.88. The summed E-state index contributed by atoms with van der Waals surface area (Å²) in [5, 5.41) is 5.82. The SMILES string of the molecule is Cc1c(-c2cc(N)n(C)n2)c2cc(C(C)(C)C)ccc2n1C. The lowest BCUT2D eigenvalue weighted by Gasteiger charge is -2.19. The molecule has 0 atom stereocenters. The molecule has 22 heavy (non-hydrogen) atoms. The van der Waals surface area contributed by atoms with Crippen LogP contribution in [0.1, 0.15) is 32.0 Å². The Hall–Kier alpha value is -2.23. The van der Waals surface area contributed by atoms with Crippen molar-refractivity contribution in [2.75, 3.05) is 5.73 Å². The summed E-state index contributed by atoms with van der Waals surface area (Å²) < 4.78 is 3.95. The van der Waals surface area contributed by atoms with E-state index in [0.717, 1.165) is 5.69 Å². The Morgan fingerprint density at radius 1 is 1.09 bits per heavy atom. The number of aromatic nitrogens is 3. The zero-order chi connectivity index (χ0) is 16.2. The number of anilines is 1. The van der Waals surface area contributed by atoms with Gasteiger partial charge in [0.05, 0.1) is 5.69 Å². The second-order valence-corrected chi connectivity index (χ2v) is 7.08. The van der Waals surface area contributed by atoms with Gasteiger partial charge in [-0.2, -0.15) is 5.10 Å². The summed E-state index contributed by atoms with van der Waals surface area (Å²) in [5.41, 5.74) is 12.0. The highest BCUT2D eigenvalue weighted by atomic mass is 15.3. The number of hydrogen-bond acceptors (Lipinski definition) is 2. The van der Waals surface area contributed by atoms with Gasteiger partial charge in [0.15, 0.2) is 0 Å². The van der Waals surface area contributed by atoms with Crippen molar-refractivity contribution in [3.63, 3.8) is 0 Å². The number of nitrogens with zero attached hydrogens (tertiary/aromatic N) is 3. The van der Waals surface area contributed by atoms with Crippen LogP contribution in [0.4, 0.5) is 5.82 Å². The fourth-order valence-electron chi connectivity index (χ4n) is 2.97. The molecule has 2 aromatic heterocycles. The first-order valence-corrected chi connectivity index (χ1v) is 7.59. The third-order valence-corrected chi connectivity index (χ3v) is 4.53. The average molecular weight is 296 g/mol. The van der Waals surface area contributed by atoms with Gasteiger partial charge in [-0.25, -0.2) is 0 Å². The van der Waals surface area contributed by atoms with E-state index in [2.05, 4.69) is 62.6 Å². The van der Waals surface area contributed by atoms with Crippen LogP contribution in [0.5, 0.6) is 0 Å². The molecule has 2 N–H and O–H groups in total. The second kappa shape index (κ2) is 4.63. The number of rotatable bonds is 1. The van der Waals surface area contributed by atoms with E-state index in [4.69, 9.17) is 5.73 Å². The normalized spacial score (nSPS) is 12.3. The van der Waals surface area contributed by atoms with Gasteiger partial charge in [-0.05, 0) is 30.0 Å². The fourth-order valence-corrected chi connectivity index (χ4v) is 2.97. The number of nitrogens with two attached hydrogens (primary N) is 1. The first-order valence-electron chi connectivity index (χ1n) is 7.59. The van der Waals surface area contributed by atoms with E-state index in [-0.39, 0.29) is 5.41 Å². The van der Waals surface area contributed by atoms with Crippen LogP contribution in [-0.2, 0) is 19.5 Å². The molecule has 0 aliphatic rings. The molecular formula is C18H24N4. The Kier molecular flexibility index (Phi) is 3.09. The van der Waals surface area contributed by atoms with Crippen LogP contribution >= 0.6 is 0 Å². The molecule has 0 radical (unpaired) electrons. The molecule has 0 unspecified atom stereocenters. The summed E-state index contributed by atoms with van der Waals surface area (Å²) in [6, 6.07) is 8.67. The minimum absolute atomic E-state index is 0.123. The monoisotopic (exact) mass is 296 g/mol. The smallest absolute Gasteiger partial charge is 0.121 e. The largest absolute Gasteiger partial charge is 0.384 e. The van der Waals surface area contributed by atoms with Crippen LogP contribution in [0.15, 0.2) is 24.3 Å². The molecule has 0 aliphatic carbocycles. The minimum Gasteiger partial charge on any atom is -0.384 e. The molecule has 0 spiro atoms. The van der Waals surface area contributed by atoms with Crippen molar-refractivity contribution in [3.05, 3.63) is 35.5 Å². The van der Waals surface area contributed by atoms with Gasteiger partial charge in [-0.15, -0.1) is 0 Å². The highest BCUT2D eigenvalue weighted by Crippen LogP contribution is 2.36. The Morgan fingerprint density at radius 3 is 2.32 bits per heavy atom. The van der Waals surface area contributed by atoms with E-state index < -0.39 is 0 Å². The summed E-state index contributed by atoms with van der Waals surface area (Å²) in [7, 11) is 3.98. The maximum atomic E-state index is 5.97. The fraction of sp³-hybridized carbons (Fsp3) is 0.389. The maximum absolute atomic E-state index is 5.97. The lowest BCUT2D eigenvalue weighted by molar-refractivity contribution is 0.591. The van der Waals surface area contributed by atoms with Crippen molar-refractivity contribution in [2.24, 2.45) is 14.1 Å². The van der Waals surface area contributed by atoms with Gasteiger partial charge in [0, 0.05) is 42.3 Å². The van der Waals surface area contributed by atoms with Crippen LogP contribution in [0.25, 0.3) is 22.2 Å². The molecule has 1 aromatic carbocycles. The lowest BCUT2D eigenvalue weighted by Crippen LogP contribution is -2.10. The van der Waals surface area contributed by atoms with Crippen LogP contribution < -0.4 is 5.73 Å². The summed E-state index contributed by atoms with van der Waals surface area (Å²) in [5.74, 6) is 0.679. The van der Waals surface area contributed by atoms with E-state index in [0.29, 0.717) is 5.82 Å². The molecule has 3 aromatic rings. The third kappa shape index (κ3) is 2.10. The Bertz CT molecular complexity index is 840. The molecule has 0 aliphatic heterocycles. The molecule has 0 saturated carbocycles. The minimum atomic E-state index is 0.123. The Morgan fingerprint density at radius 2 is 1.77 bits per heavy atom. The van der Waals surface area contributed by atoms with E-state index in [1.807, 2.05) is 13.1 Å². The van der Waals surface area contributed by atoms with Crippen molar-refractivity contribution in [1.29, 1.82) is 0 Å². The topological polar surface area (TPSA) is 48.8 Å². The zero-order valence-corrected chi connectivity index (χ0v) is 14.2. The molecular weight excluding hydrogens is 272 g/mol. The van der Waals surface area contributed by atoms with Gasteiger partial charge in [0.1, 0.15) is 5.82 Å². The lowest BCUT2D eigenvalue weighted by atomic mass is 9.86. The second-order valence-electron chi connectivity index (χ2n) is 7.08. The van der Waals surface area contributed by atoms with Gasteiger partial charge in [-0.1, -0.05) is 26.8 Å². The van der Waals surface area contributed by atoms with Gasteiger partial charge in [0.25, 0.3) is 0 Å². The molecule has 0 fully saturated rings. The standard InChI is InChI=1S/C18H24N4/c1-11-17(14-10-16(19)22(6)20-14)13-9-12(18(2,3)4)7-8-15(13)21(11)5/h7-10H,19H2,1-6H3. The highest BCUT2D eigenvalue weighted by Gasteiger charge is 2.20. The van der Waals surface area contributed by atoms with E-state index >= 15 is 0 Å². The predicted octanol–water partition coefficient (Wildman–Crippen LogP) is 3.77. The molecule has 4 heteroatoms. The molecule has 0 saturated heterocycles. The summed E-state index contributed by atoms with van der Waals surface area (Å²) in [6.07, 6.45) is 0. The van der Waals surface area contributed by atoms with Gasteiger partial charge in [0.2, 0.25) is 0 Å². The third-order valence-electron chi connectivity index (χ3n) is 4.53. The molecule has 0 amide bonds. The first kappa shape index (κ1) is 14.7. The summed E-state index contributed by atoms with van der Waals surface area (Å²) >= 11 is 0. The number of nitrogen functional groups attached to an aromatic ring is 1. The Labute approximate surface area is 131 Å². The number of benzene rings is 1. The summed E-state index contributed by atoms with van der Waals surface area (Å²) in [4.78, 5) is 0. The molecule has 0 bridgehead atoms. The predicted molar refractivity (Wildman–Crippen MR) is 93.0 cm³/mol. The van der Waals surface area contributed by atoms with E-state index in [1.165, 1.54) is 27.7 Å². The van der Waals surface area contributed by atoms with Gasteiger partial charge in [-0.3, -0.25) is 4.68 Å². The molecule has 3 rings (SSSR count). The van der Waals surface area contributed by atoms with Crippen LogP contribution in [-0.4, -0.2) is 14.3 Å². The molecule has 4 nitrogen and oxygen atoms in total. The highest BCUT2D eigenvalue weighted by molar-refractivity contribution is 5.98. The van der Waals surface area contributed by atoms with Crippen LogP contribution in [0, 0.1) is 6.92 Å². The van der Waals surface area contributed by atoms with E-state index in [9.17, 15) is 0 Å². The molecule has 116 valence electrons. The number of aryl methyl sites for hydroxylation is 2. The van der Waals surface area contributed by atoms with Crippen LogP contribution in [0.3, 0.4) is 0 Å². The Balaban J connectivity index is 2.35. The number of fused-ring (bicyclic) bond motifs is 1. The van der Waals surface area contributed by atoms with Crippen LogP contribution in [0.2, 0.25) is 0 Å². The van der Waals surface area contributed by atoms with Crippen molar-refractivity contribution in [1.82, 2.24) is 14.3 Å². The van der Waals surface area contributed by atoms with Crippen molar-refractivity contribution in [3.8, 4) is 11.3 Å². The summed E-state index contributed by atoms with van der Waals surface area (Å²) in [6.45, 7) is 8.85. The van der Waals surface area contributed by atoms with Crippen molar-refractivity contribution in [2.45, 2.75) is 33.1 Å². The first-order chi connectivity index (χ1) is 10.2. The number of hydrogen-bond donors (Lipinski definition) is 1. The van der Waals surface area contributed by atoms with Gasteiger partial charge >= 0.3 is 0 Å². The van der Waals surface area contributed by atoms with E-state index in [1.54, 1.807) is 4.68 Å². The van der Waals surface area contributed by atoms with Gasteiger partial charge < -0.3 is 10.3 Å². The maximum Gasteiger partial charge on any atom is 0.121 e. The quantitative estimate of drug-likeness (QED) is 0.743.